The van der Waals surface area contributed by atoms with E-state index < -0.39 is 0 Å². The molecule has 0 atom stereocenters. The predicted octanol–water partition coefficient (Wildman–Crippen LogP) is 2.77. The molecule has 25 heavy (non-hydrogen) atoms. The van der Waals surface area contributed by atoms with Gasteiger partial charge in [-0.1, -0.05) is 12.1 Å². The van der Waals surface area contributed by atoms with Crippen LogP contribution in [0, 0.1) is 17.1 Å². The Morgan fingerprint density at radius 2 is 2.12 bits per heavy atom. The van der Waals surface area contributed by atoms with E-state index in [1.165, 1.54) is 13.2 Å². The van der Waals surface area contributed by atoms with Crippen LogP contribution in [0.1, 0.15) is 29.9 Å². The molecule has 7 heteroatoms. The molecule has 1 saturated heterocycles. The Bertz CT molecular complexity index is 797. The number of anilines is 2. The predicted molar refractivity (Wildman–Crippen MR) is 93.9 cm³/mol. The molecule has 0 saturated carbocycles. The number of ether oxygens (including phenoxy) is 1. The van der Waals surface area contributed by atoms with Crippen LogP contribution in [0.15, 0.2) is 30.5 Å². The first-order valence-electron chi connectivity index (χ1n) is 8.12. The molecule has 3 rings (SSSR count). The average molecular weight is 341 g/mol. The van der Waals surface area contributed by atoms with Crippen LogP contribution in [0.4, 0.5) is 15.9 Å². The zero-order chi connectivity index (χ0) is 17.8. The molecule has 6 nitrogen and oxygen atoms in total. The zero-order valence-electron chi connectivity index (χ0n) is 14.0. The maximum absolute atomic E-state index is 13.9. The zero-order valence-corrected chi connectivity index (χ0v) is 14.0. The minimum atomic E-state index is -0.331. The van der Waals surface area contributed by atoms with E-state index in [9.17, 15) is 9.65 Å². The molecule has 1 aliphatic rings. The molecular weight excluding hydrogens is 321 g/mol. The molecule has 2 heterocycles. The van der Waals surface area contributed by atoms with Gasteiger partial charge in [-0.15, -0.1) is 0 Å². The summed E-state index contributed by atoms with van der Waals surface area (Å²) in [7, 11) is 1.49. The van der Waals surface area contributed by atoms with Gasteiger partial charge in [-0.05, 0) is 30.9 Å². The topological polar surface area (TPSA) is 87.2 Å². The van der Waals surface area contributed by atoms with Crippen LogP contribution >= 0.6 is 0 Å². The fourth-order valence-corrected chi connectivity index (χ4v) is 3.43. The third-order valence-electron chi connectivity index (χ3n) is 4.65. The van der Waals surface area contributed by atoms with Gasteiger partial charge in [0.2, 0.25) is 0 Å². The second-order valence-electron chi connectivity index (χ2n) is 5.93. The number of aromatic nitrogens is 1. The summed E-state index contributed by atoms with van der Waals surface area (Å²) in [6.07, 6.45) is 3.32. The lowest BCUT2D eigenvalue weighted by molar-refractivity contribution is 0.371. The Labute approximate surface area is 146 Å². The van der Waals surface area contributed by atoms with Crippen LogP contribution < -0.4 is 20.9 Å². The van der Waals surface area contributed by atoms with Crippen LogP contribution in [-0.4, -0.2) is 25.2 Å². The van der Waals surface area contributed by atoms with Gasteiger partial charge in [-0.2, -0.15) is 5.26 Å². The number of halogens is 1. The highest BCUT2D eigenvalue weighted by molar-refractivity contribution is 5.68. The highest BCUT2D eigenvalue weighted by Gasteiger charge is 2.26. The number of hydrazine groups is 1. The van der Waals surface area contributed by atoms with Gasteiger partial charge in [0.15, 0.2) is 17.4 Å². The highest BCUT2D eigenvalue weighted by Crippen LogP contribution is 2.37. The second-order valence-corrected chi connectivity index (χ2v) is 5.93. The van der Waals surface area contributed by atoms with Crippen LogP contribution in [0.25, 0.3) is 0 Å². The van der Waals surface area contributed by atoms with Gasteiger partial charge < -0.3 is 15.1 Å². The minimum absolute atomic E-state index is 0.223. The third kappa shape index (κ3) is 3.21. The maximum Gasteiger partial charge on any atom is 0.165 e. The molecule has 1 fully saturated rings. The monoisotopic (exact) mass is 341 g/mol. The normalized spacial score (nSPS) is 14.9. The second kappa shape index (κ2) is 7.36. The number of pyridine rings is 1. The molecule has 1 aromatic heterocycles. The SMILES string of the molecule is COc1c(F)cccc1C1CCN(c2ccnc(NN)c2C#N)CC1. The van der Waals surface area contributed by atoms with Gasteiger partial charge in [-0.3, -0.25) is 0 Å². The summed E-state index contributed by atoms with van der Waals surface area (Å²) >= 11 is 0. The largest absolute Gasteiger partial charge is 0.493 e. The van der Waals surface area contributed by atoms with Crippen molar-refractivity contribution in [3.8, 4) is 11.8 Å². The lowest BCUT2D eigenvalue weighted by Gasteiger charge is -2.34. The number of methoxy groups -OCH3 is 1. The molecule has 0 amide bonds. The lowest BCUT2D eigenvalue weighted by atomic mass is 9.88. The van der Waals surface area contributed by atoms with Crippen molar-refractivity contribution in [3.63, 3.8) is 0 Å². The minimum Gasteiger partial charge on any atom is -0.493 e. The van der Waals surface area contributed by atoms with Crippen LogP contribution in [-0.2, 0) is 0 Å². The number of nitrogens with zero attached hydrogens (tertiary/aromatic N) is 3. The summed E-state index contributed by atoms with van der Waals surface area (Å²) in [6.45, 7) is 1.51. The number of hydrogen-bond acceptors (Lipinski definition) is 6. The number of nitrogens with two attached hydrogens (primary N) is 1. The number of nitrogens with one attached hydrogen (secondary N) is 1. The first kappa shape index (κ1) is 17.0. The molecule has 1 aliphatic heterocycles. The molecule has 0 spiro atoms. The van der Waals surface area contributed by atoms with Crippen molar-refractivity contribution in [2.45, 2.75) is 18.8 Å². The molecular formula is C18H20FN5O. The summed E-state index contributed by atoms with van der Waals surface area (Å²) in [5.41, 5.74) is 4.62. The first-order valence-corrected chi connectivity index (χ1v) is 8.12. The van der Waals surface area contributed by atoms with E-state index in [0.717, 1.165) is 37.2 Å². The van der Waals surface area contributed by atoms with E-state index in [4.69, 9.17) is 10.6 Å². The van der Waals surface area contributed by atoms with Crippen molar-refractivity contribution >= 4 is 11.5 Å². The highest BCUT2D eigenvalue weighted by atomic mass is 19.1. The third-order valence-corrected chi connectivity index (χ3v) is 4.65. The average Bonchev–Trinajstić information content (AvgIpc) is 2.67. The number of piperidine rings is 1. The van der Waals surface area contributed by atoms with Gasteiger partial charge in [0.1, 0.15) is 11.6 Å². The van der Waals surface area contributed by atoms with Gasteiger partial charge in [0, 0.05) is 24.8 Å². The smallest absolute Gasteiger partial charge is 0.165 e. The van der Waals surface area contributed by atoms with Crippen LogP contribution in [0.2, 0.25) is 0 Å². The number of nitriles is 1. The first-order chi connectivity index (χ1) is 12.2. The fourth-order valence-electron chi connectivity index (χ4n) is 3.43. The summed E-state index contributed by atoms with van der Waals surface area (Å²) < 4.78 is 19.2. The van der Waals surface area contributed by atoms with Gasteiger partial charge >= 0.3 is 0 Å². The van der Waals surface area contributed by atoms with E-state index in [1.807, 2.05) is 12.1 Å². The van der Waals surface area contributed by atoms with E-state index in [1.54, 1.807) is 12.3 Å². The summed E-state index contributed by atoms with van der Waals surface area (Å²) in [5.74, 6) is 6.03. The van der Waals surface area contributed by atoms with Gasteiger partial charge in [0.05, 0.1) is 12.8 Å². The fraction of sp³-hybridized carbons (Fsp3) is 0.333. The number of hydrogen-bond donors (Lipinski definition) is 2. The molecule has 0 unspecified atom stereocenters. The van der Waals surface area contributed by atoms with E-state index >= 15 is 0 Å². The van der Waals surface area contributed by atoms with Crippen molar-refractivity contribution in [2.24, 2.45) is 5.84 Å². The summed E-state index contributed by atoms with van der Waals surface area (Å²) in [5, 5.41) is 9.42. The molecule has 2 aromatic rings. The van der Waals surface area contributed by atoms with Crippen molar-refractivity contribution < 1.29 is 9.13 Å². The van der Waals surface area contributed by atoms with Crippen molar-refractivity contribution in [3.05, 3.63) is 47.4 Å². The Kier molecular flexibility index (Phi) is 5.00. The van der Waals surface area contributed by atoms with E-state index in [-0.39, 0.29) is 11.7 Å². The molecule has 0 aliphatic carbocycles. The van der Waals surface area contributed by atoms with Crippen LogP contribution in [0.3, 0.4) is 0 Å². The quantitative estimate of drug-likeness (QED) is 0.657. The summed E-state index contributed by atoms with van der Waals surface area (Å²) in [6, 6.07) is 9.04. The Balaban J connectivity index is 1.80. The van der Waals surface area contributed by atoms with Crippen LogP contribution in [0.5, 0.6) is 5.75 Å². The van der Waals surface area contributed by atoms with Gasteiger partial charge in [0.25, 0.3) is 0 Å². The maximum atomic E-state index is 13.9. The Morgan fingerprint density at radius 3 is 2.76 bits per heavy atom. The van der Waals surface area contributed by atoms with E-state index in [0.29, 0.717) is 17.1 Å². The number of para-hydroxylation sites is 1. The molecule has 3 N–H and O–H groups in total. The molecule has 0 radical (unpaired) electrons. The molecule has 0 bridgehead atoms. The van der Waals surface area contributed by atoms with Crippen molar-refractivity contribution in [2.75, 3.05) is 30.5 Å². The van der Waals surface area contributed by atoms with E-state index in [2.05, 4.69) is 21.4 Å². The number of nitrogen functional groups attached to an aromatic ring is 1. The molecule has 130 valence electrons. The van der Waals surface area contributed by atoms with Crippen molar-refractivity contribution in [1.29, 1.82) is 5.26 Å². The molecule has 1 aromatic carbocycles. The number of rotatable bonds is 4. The van der Waals surface area contributed by atoms with Crippen molar-refractivity contribution in [1.82, 2.24) is 4.98 Å². The Hall–Kier alpha value is -2.85. The Morgan fingerprint density at radius 1 is 1.36 bits per heavy atom. The summed E-state index contributed by atoms with van der Waals surface area (Å²) in [4.78, 5) is 6.22. The number of benzene rings is 1. The standard InChI is InChI=1S/C18H20FN5O/c1-25-17-13(3-2-4-15(17)19)12-6-9-24(10-7-12)16-5-8-22-18(23-21)14(16)11-20/h2-5,8,12H,6-7,9-10,21H2,1H3,(H,22,23). The van der Waals surface area contributed by atoms with Gasteiger partial charge in [-0.25, -0.2) is 15.2 Å². The lowest BCUT2D eigenvalue weighted by Crippen LogP contribution is -2.33.